The third-order valence-corrected chi connectivity index (χ3v) is 6.23. The average molecular weight is 487 g/mol. The number of carbonyl (C=O) groups excluding carboxylic acids is 1. The number of nitrogens with zero attached hydrogens (tertiary/aromatic N) is 3. The van der Waals surface area contributed by atoms with Crippen LogP contribution in [0.1, 0.15) is 25.7 Å². The number of nitrogen functional groups attached to an aromatic ring is 1. The summed E-state index contributed by atoms with van der Waals surface area (Å²) in [5.74, 6) is 1.06. The van der Waals surface area contributed by atoms with Crippen molar-refractivity contribution in [2.24, 2.45) is 0 Å². The number of anilines is 2. The quantitative estimate of drug-likeness (QED) is 0.338. The van der Waals surface area contributed by atoms with Crippen molar-refractivity contribution in [3.05, 3.63) is 65.5 Å². The van der Waals surface area contributed by atoms with Crippen LogP contribution in [0.3, 0.4) is 0 Å². The number of H-pyrrole nitrogens is 1. The summed E-state index contributed by atoms with van der Waals surface area (Å²) in [5.41, 5.74) is 8.46. The van der Waals surface area contributed by atoms with E-state index in [1.54, 1.807) is 36.1 Å². The van der Waals surface area contributed by atoms with Gasteiger partial charge in [0.25, 0.3) is 5.56 Å². The maximum atomic E-state index is 12.6. The van der Waals surface area contributed by atoms with E-state index in [9.17, 15) is 9.59 Å². The topological polar surface area (TPSA) is 137 Å². The fourth-order valence-electron chi connectivity index (χ4n) is 4.47. The molecule has 184 valence electrons. The molecule has 0 bridgehead atoms. The zero-order chi connectivity index (χ0) is 25.2. The van der Waals surface area contributed by atoms with Crippen LogP contribution in [0.5, 0.6) is 11.5 Å². The Morgan fingerprint density at radius 3 is 2.64 bits per heavy atom. The van der Waals surface area contributed by atoms with E-state index in [1.165, 1.54) is 6.08 Å². The summed E-state index contributed by atoms with van der Waals surface area (Å²) in [5, 5.41) is 14.0. The molecule has 0 radical (unpaired) electrons. The van der Waals surface area contributed by atoms with Crippen molar-refractivity contribution in [3.63, 3.8) is 0 Å². The third kappa shape index (κ3) is 4.28. The van der Waals surface area contributed by atoms with Crippen LogP contribution in [0.25, 0.3) is 27.8 Å². The highest BCUT2D eigenvalue weighted by molar-refractivity contribution is 6.01. The zero-order valence-electron chi connectivity index (χ0n) is 19.8. The molecule has 0 atom stereocenters. The van der Waals surface area contributed by atoms with Gasteiger partial charge in [-0.2, -0.15) is 10.2 Å². The number of benzene rings is 2. The predicted molar refractivity (Wildman–Crippen MR) is 138 cm³/mol. The van der Waals surface area contributed by atoms with E-state index >= 15 is 0 Å². The Bertz CT molecular complexity index is 1500. The minimum Gasteiger partial charge on any atom is -0.493 e. The fourth-order valence-corrected chi connectivity index (χ4v) is 4.47. The molecule has 10 heteroatoms. The molecule has 10 nitrogen and oxygen atoms in total. The Kier molecular flexibility index (Phi) is 6.16. The first-order chi connectivity index (χ1) is 17.5. The highest BCUT2D eigenvalue weighted by Crippen LogP contribution is 2.39. The van der Waals surface area contributed by atoms with Crippen molar-refractivity contribution in [3.8, 4) is 28.4 Å². The highest BCUT2D eigenvalue weighted by Gasteiger charge is 2.23. The smallest absolute Gasteiger partial charge is 0.292 e. The summed E-state index contributed by atoms with van der Waals surface area (Å²) in [7, 11) is 1.59. The van der Waals surface area contributed by atoms with Crippen LogP contribution < -0.4 is 26.1 Å². The number of amides is 1. The summed E-state index contributed by atoms with van der Waals surface area (Å²) in [6.07, 6.45) is 5.74. The second-order valence-electron chi connectivity index (χ2n) is 8.55. The van der Waals surface area contributed by atoms with Gasteiger partial charge in [-0.05, 0) is 74.2 Å². The van der Waals surface area contributed by atoms with Crippen LogP contribution in [-0.4, -0.2) is 39.1 Å². The minimum atomic E-state index is -0.456. The van der Waals surface area contributed by atoms with Crippen LogP contribution in [0.2, 0.25) is 0 Å². The van der Waals surface area contributed by atoms with Crippen LogP contribution in [0, 0.1) is 0 Å². The molecule has 1 fully saturated rings. The molecular formula is C26H26N6O4. The highest BCUT2D eigenvalue weighted by atomic mass is 16.5. The molecule has 2 aromatic carbocycles. The molecule has 2 heterocycles. The molecule has 0 aliphatic heterocycles. The maximum Gasteiger partial charge on any atom is 0.292 e. The van der Waals surface area contributed by atoms with Crippen molar-refractivity contribution in [2.45, 2.75) is 31.8 Å². The van der Waals surface area contributed by atoms with Crippen molar-refractivity contribution < 1.29 is 14.3 Å². The van der Waals surface area contributed by atoms with E-state index < -0.39 is 5.56 Å². The summed E-state index contributed by atoms with van der Waals surface area (Å²) in [6, 6.07) is 12.6. The molecule has 0 unspecified atom stereocenters. The monoisotopic (exact) mass is 486 g/mol. The number of nitrogens with one attached hydrogen (secondary N) is 2. The van der Waals surface area contributed by atoms with E-state index in [1.807, 2.05) is 18.2 Å². The van der Waals surface area contributed by atoms with Crippen molar-refractivity contribution in [1.29, 1.82) is 0 Å². The number of aromatic nitrogens is 4. The van der Waals surface area contributed by atoms with E-state index in [-0.39, 0.29) is 23.3 Å². The Morgan fingerprint density at radius 2 is 1.94 bits per heavy atom. The molecule has 4 aromatic rings. The van der Waals surface area contributed by atoms with Crippen molar-refractivity contribution in [2.75, 3.05) is 18.2 Å². The average Bonchev–Trinajstić information content (AvgIpc) is 3.56. The molecule has 2 aromatic heterocycles. The first-order valence-electron chi connectivity index (χ1n) is 11.6. The molecular weight excluding hydrogens is 460 g/mol. The van der Waals surface area contributed by atoms with Gasteiger partial charge in [0.15, 0.2) is 22.8 Å². The Hall–Kier alpha value is -4.60. The van der Waals surface area contributed by atoms with Gasteiger partial charge in [0.05, 0.1) is 30.0 Å². The van der Waals surface area contributed by atoms with Gasteiger partial charge in [-0.25, -0.2) is 9.78 Å². The Balaban J connectivity index is 1.64. The lowest BCUT2D eigenvalue weighted by Crippen LogP contribution is -2.11. The molecule has 4 N–H and O–H groups in total. The third-order valence-electron chi connectivity index (χ3n) is 6.23. The van der Waals surface area contributed by atoms with Gasteiger partial charge in [0.2, 0.25) is 5.91 Å². The fraction of sp³-hybridized carbons (Fsp3) is 0.231. The van der Waals surface area contributed by atoms with Gasteiger partial charge in [0, 0.05) is 11.3 Å². The predicted octanol–water partition coefficient (Wildman–Crippen LogP) is 3.81. The number of fused-ring (bicyclic) bond motifs is 1. The van der Waals surface area contributed by atoms with Gasteiger partial charge >= 0.3 is 0 Å². The summed E-state index contributed by atoms with van der Waals surface area (Å²) < 4.78 is 13.5. The lowest BCUT2D eigenvalue weighted by molar-refractivity contribution is -0.111. The van der Waals surface area contributed by atoms with E-state index in [0.717, 1.165) is 31.2 Å². The number of carbonyl (C=O) groups is 1. The molecule has 0 saturated heterocycles. The maximum absolute atomic E-state index is 12.6. The number of hydrogen-bond acceptors (Lipinski definition) is 7. The standard InChI is InChI=1S/C26H26N6O4/c1-3-21(33)28-16-9-11-17(12-10-16)32-24(22-23(31-32)26(34)30-29-25(22)27)15-8-13-19(20(14-15)35-2)36-18-6-4-5-7-18/h3,8-14,18H,1,4-7H2,2H3,(H2,27,29)(H,28,33)(H,30,34). The molecule has 0 spiro atoms. The van der Waals surface area contributed by atoms with Gasteiger partial charge in [-0.1, -0.05) is 6.58 Å². The normalized spacial score (nSPS) is 13.6. The van der Waals surface area contributed by atoms with Crippen molar-refractivity contribution >= 4 is 28.3 Å². The number of rotatable bonds is 7. The van der Waals surface area contributed by atoms with Crippen LogP contribution in [-0.2, 0) is 4.79 Å². The van der Waals surface area contributed by atoms with Crippen molar-refractivity contribution in [1.82, 2.24) is 20.0 Å². The summed E-state index contributed by atoms with van der Waals surface area (Å²) >= 11 is 0. The van der Waals surface area contributed by atoms with E-state index in [0.29, 0.717) is 34.0 Å². The SMILES string of the molecule is C=CC(=O)Nc1ccc(-n2nc3c(=O)[nH]nc(N)c3c2-c2ccc(OC3CCCC3)c(OC)c2)cc1. The van der Waals surface area contributed by atoms with Crippen LogP contribution in [0.15, 0.2) is 59.9 Å². The molecule has 1 amide bonds. The van der Waals surface area contributed by atoms with Gasteiger partial charge in [0.1, 0.15) is 0 Å². The molecule has 5 rings (SSSR count). The number of methoxy groups -OCH3 is 1. The van der Waals surface area contributed by atoms with Gasteiger partial charge in [-0.3, -0.25) is 9.59 Å². The molecule has 36 heavy (non-hydrogen) atoms. The minimum absolute atomic E-state index is 0.144. The van der Waals surface area contributed by atoms with E-state index in [2.05, 4.69) is 27.2 Å². The summed E-state index contributed by atoms with van der Waals surface area (Å²) in [6.45, 7) is 3.46. The van der Waals surface area contributed by atoms with Crippen LogP contribution >= 0.6 is 0 Å². The zero-order valence-corrected chi connectivity index (χ0v) is 19.8. The second-order valence-corrected chi connectivity index (χ2v) is 8.55. The van der Waals surface area contributed by atoms with Gasteiger partial charge < -0.3 is 20.5 Å². The lowest BCUT2D eigenvalue weighted by atomic mass is 10.1. The Labute approximate surface area is 206 Å². The first-order valence-corrected chi connectivity index (χ1v) is 11.6. The number of aromatic amines is 1. The van der Waals surface area contributed by atoms with Crippen LogP contribution in [0.4, 0.5) is 11.5 Å². The molecule has 1 aliphatic carbocycles. The summed E-state index contributed by atoms with van der Waals surface area (Å²) in [4.78, 5) is 24.2. The largest absolute Gasteiger partial charge is 0.493 e. The number of nitrogens with two attached hydrogens (primary N) is 1. The molecule has 1 saturated carbocycles. The molecule has 1 aliphatic rings. The van der Waals surface area contributed by atoms with Gasteiger partial charge in [-0.15, -0.1) is 0 Å². The van der Waals surface area contributed by atoms with E-state index in [4.69, 9.17) is 15.2 Å². The number of hydrogen-bond donors (Lipinski definition) is 3. The Morgan fingerprint density at radius 1 is 1.19 bits per heavy atom. The second kappa shape index (κ2) is 9.57. The first kappa shape index (κ1) is 23.2. The lowest BCUT2D eigenvalue weighted by Gasteiger charge is -2.17. The number of ether oxygens (including phenoxy) is 2.